The van der Waals surface area contributed by atoms with Gasteiger partial charge in [-0.15, -0.1) is 6.04 Å². The summed E-state index contributed by atoms with van der Waals surface area (Å²) in [5.74, 6) is 0. The van der Waals surface area contributed by atoms with Gasteiger partial charge in [0.15, 0.2) is 0 Å². The van der Waals surface area contributed by atoms with Crippen molar-refractivity contribution in [3.63, 3.8) is 0 Å². The normalized spacial score (nSPS) is 12.0. The molecule has 0 aliphatic carbocycles. The van der Waals surface area contributed by atoms with Crippen LogP contribution in [0.3, 0.4) is 0 Å². The van der Waals surface area contributed by atoms with E-state index in [0.717, 1.165) is 0 Å². The summed E-state index contributed by atoms with van der Waals surface area (Å²) in [5.41, 5.74) is 0.569. The summed E-state index contributed by atoms with van der Waals surface area (Å²) in [4.78, 5) is 0. The molecule has 3 heteroatoms. The van der Waals surface area contributed by atoms with Crippen LogP contribution in [0.2, 0.25) is 0 Å². The molecule has 0 saturated carbocycles. The Morgan fingerprint density at radius 3 is 1.08 bits per heavy atom. The van der Waals surface area contributed by atoms with E-state index in [0.29, 0.717) is 6.04 Å². The SMILES string of the molecule is C[N-]C(C(C)(C)C)C(C)(C)C.[K+].[NH2-]. The third kappa shape index (κ3) is 7.48. The van der Waals surface area contributed by atoms with Gasteiger partial charge in [-0.1, -0.05) is 52.4 Å². The van der Waals surface area contributed by atoms with Crippen LogP contribution in [-0.2, 0) is 0 Å². The fourth-order valence-electron chi connectivity index (χ4n) is 2.07. The van der Waals surface area contributed by atoms with E-state index in [4.69, 9.17) is 0 Å². The van der Waals surface area contributed by atoms with Crippen LogP contribution in [0.25, 0.3) is 11.5 Å². The molecule has 0 saturated heterocycles. The van der Waals surface area contributed by atoms with Crippen molar-refractivity contribution in [1.29, 1.82) is 0 Å². The minimum absolute atomic E-state index is 0. The zero-order chi connectivity index (χ0) is 9.28. The fourth-order valence-corrected chi connectivity index (χ4v) is 2.07. The van der Waals surface area contributed by atoms with Crippen molar-refractivity contribution in [2.75, 3.05) is 7.05 Å². The Kier molecular flexibility index (Phi) is 10.7. The second-order valence-corrected chi connectivity index (χ2v) is 5.39. The monoisotopic (exact) mass is 211 g/mol. The minimum Gasteiger partial charge on any atom is -0.693 e. The molecule has 0 fully saturated rings. The van der Waals surface area contributed by atoms with Gasteiger partial charge in [0.05, 0.1) is 0 Å². The summed E-state index contributed by atoms with van der Waals surface area (Å²) < 4.78 is 0. The molecule has 0 aliphatic heterocycles. The zero-order valence-corrected chi connectivity index (χ0v) is 13.7. The summed E-state index contributed by atoms with van der Waals surface area (Å²) in [6.45, 7) is 13.5. The van der Waals surface area contributed by atoms with E-state index in [1.807, 2.05) is 7.05 Å². The number of hydrogen-bond donors (Lipinski definition) is 0. The third-order valence-corrected chi connectivity index (χ3v) is 1.90. The molecule has 0 aromatic rings. The summed E-state index contributed by atoms with van der Waals surface area (Å²) in [5, 5.41) is 4.43. The number of nitrogens with zero attached hydrogens (tertiary/aromatic N) is 1. The molecule has 0 bridgehead atoms. The van der Waals surface area contributed by atoms with Crippen LogP contribution in [0.4, 0.5) is 0 Å². The second kappa shape index (κ2) is 6.93. The van der Waals surface area contributed by atoms with Crippen molar-refractivity contribution in [3.8, 4) is 0 Å². The predicted molar refractivity (Wildman–Crippen MR) is 57.3 cm³/mol. The molecule has 76 valence electrons. The Labute approximate surface area is 127 Å². The van der Waals surface area contributed by atoms with Crippen molar-refractivity contribution >= 4 is 0 Å². The molecule has 13 heavy (non-hydrogen) atoms. The number of nitrogens with two attached hydrogens (primary N) is 1. The fraction of sp³-hybridized carbons (Fsp3) is 1.00. The van der Waals surface area contributed by atoms with Gasteiger partial charge in [-0.25, -0.2) is 0 Å². The zero-order valence-electron chi connectivity index (χ0n) is 10.6. The first-order valence-corrected chi connectivity index (χ1v) is 4.28. The van der Waals surface area contributed by atoms with Gasteiger partial charge in [0, 0.05) is 0 Å². The number of rotatable bonds is 1. The van der Waals surface area contributed by atoms with Crippen LogP contribution in [0.15, 0.2) is 0 Å². The van der Waals surface area contributed by atoms with Gasteiger partial charge in [-0.3, -0.25) is 0 Å². The Bertz CT molecular complexity index is 108. The first-order chi connectivity index (χ1) is 4.69. The first kappa shape index (κ1) is 20.0. The van der Waals surface area contributed by atoms with Crippen LogP contribution in [0.5, 0.6) is 0 Å². The van der Waals surface area contributed by atoms with E-state index < -0.39 is 0 Å². The number of hydrogen-bond acceptors (Lipinski definition) is 0. The summed E-state index contributed by atoms with van der Waals surface area (Å²) in [6.07, 6.45) is 0. The van der Waals surface area contributed by atoms with Gasteiger partial charge in [-0.2, -0.15) is 7.05 Å². The van der Waals surface area contributed by atoms with Gasteiger partial charge >= 0.3 is 51.4 Å². The molecule has 0 aromatic heterocycles. The van der Waals surface area contributed by atoms with Crippen molar-refractivity contribution in [3.05, 3.63) is 11.5 Å². The van der Waals surface area contributed by atoms with Gasteiger partial charge < -0.3 is 11.5 Å². The molecular formula is C10H24KN2-. The average Bonchev–Trinajstić information content (AvgIpc) is 1.56. The van der Waals surface area contributed by atoms with E-state index in [2.05, 4.69) is 46.9 Å². The maximum atomic E-state index is 4.43. The summed E-state index contributed by atoms with van der Waals surface area (Å²) in [6, 6.07) is 0.440. The largest absolute Gasteiger partial charge is 1.00 e. The van der Waals surface area contributed by atoms with E-state index in [9.17, 15) is 0 Å². The molecule has 2 N–H and O–H groups in total. The Balaban J connectivity index is -0.000000500. The molecule has 0 radical (unpaired) electrons. The third-order valence-electron chi connectivity index (χ3n) is 1.90. The summed E-state index contributed by atoms with van der Waals surface area (Å²) in [7, 11) is 1.92. The Morgan fingerprint density at radius 2 is 1.08 bits per heavy atom. The predicted octanol–water partition coefficient (Wildman–Crippen LogP) is 1.17. The molecule has 0 aromatic carbocycles. The van der Waals surface area contributed by atoms with Gasteiger partial charge in [0.25, 0.3) is 0 Å². The van der Waals surface area contributed by atoms with Crippen LogP contribution < -0.4 is 51.4 Å². The smallest absolute Gasteiger partial charge is 0.693 e. The maximum absolute atomic E-state index is 4.43. The van der Waals surface area contributed by atoms with Crippen LogP contribution in [0, 0.1) is 10.8 Å². The first-order valence-electron chi connectivity index (χ1n) is 4.28. The van der Waals surface area contributed by atoms with E-state index in [1.54, 1.807) is 0 Å². The van der Waals surface area contributed by atoms with Crippen LogP contribution in [-0.4, -0.2) is 13.1 Å². The molecule has 0 unspecified atom stereocenters. The topological polar surface area (TPSA) is 47.6 Å². The maximum Gasteiger partial charge on any atom is 1.00 e. The molecule has 0 amide bonds. The second-order valence-electron chi connectivity index (χ2n) is 5.39. The molecule has 0 heterocycles. The van der Waals surface area contributed by atoms with Crippen molar-refractivity contribution in [2.24, 2.45) is 10.8 Å². The van der Waals surface area contributed by atoms with Crippen molar-refractivity contribution < 1.29 is 51.4 Å². The van der Waals surface area contributed by atoms with Gasteiger partial charge in [0.2, 0.25) is 0 Å². The molecular weight excluding hydrogens is 187 g/mol. The van der Waals surface area contributed by atoms with E-state index >= 15 is 0 Å². The quantitative estimate of drug-likeness (QED) is 0.585. The summed E-state index contributed by atoms with van der Waals surface area (Å²) >= 11 is 0. The standard InChI is InChI=1S/C10H22N.K.H2N/c1-9(2,3)8(11-7)10(4,5)6;;/h8H,1-7H3;;1H2/q-1;+1;-1. The molecule has 0 rings (SSSR count). The molecule has 0 atom stereocenters. The molecule has 0 spiro atoms. The average molecular weight is 211 g/mol. The van der Waals surface area contributed by atoms with Crippen molar-refractivity contribution in [2.45, 2.75) is 47.6 Å². The van der Waals surface area contributed by atoms with Crippen LogP contribution in [0.1, 0.15) is 41.5 Å². The van der Waals surface area contributed by atoms with Gasteiger partial charge in [0.1, 0.15) is 0 Å². The molecule has 2 nitrogen and oxygen atoms in total. The van der Waals surface area contributed by atoms with Gasteiger partial charge in [-0.05, 0) is 0 Å². The Hall–Kier alpha value is 1.56. The minimum atomic E-state index is 0. The van der Waals surface area contributed by atoms with E-state index in [1.165, 1.54) is 0 Å². The Morgan fingerprint density at radius 1 is 0.846 bits per heavy atom. The van der Waals surface area contributed by atoms with E-state index in [-0.39, 0.29) is 68.4 Å². The molecule has 0 aliphatic rings. The van der Waals surface area contributed by atoms with Crippen LogP contribution >= 0.6 is 0 Å². The van der Waals surface area contributed by atoms with Crippen molar-refractivity contribution in [1.82, 2.24) is 0 Å².